The molecule has 26 heavy (non-hydrogen) atoms. The van der Waals surface area contributed by atoms with Gasteiger partial charge in [0.15, 0.2) is 9.84 Å². The van der Waals surface area contributed by atoms with Crippen LogP contribution in [0.1, 0.15) is 33.6 Å². The van der Waals surface area contributed by atoms with E-state index in [-0.39, 0.29) is 40.0 Å². The van der Waals surface area contributed by atoms with E-state index in [0.717, 1.165) is 17.7 Å². The normalized spacial score (nSPS) is 26.2. The Labute approximate surface area is 151 Å². The number of sulfonamides is 1. The summed E-state index contributed by atoms with van der Waals surface area (Å²) in [7, 11) is -5.87. The second-order valence-corrected chi connectivity index (χ2v) is 11.1. The van der Waals surface area contributed by atoms with Crippen LogP contribution >= 0.6 is 0 Å². The zero-order valence-corrected chi connectivity index (χ0v) is 15.7. The van der Waals surface area contributed by atoms with E-state index in [1.54, 1.807) is 0 Å². The number of amides is 2. The fourth-order valence-electron chi connectivity index (χ4n) is 3.61. The molecule has 2 amide bonds. The lowest BCUT2D eigenvalue weighted by Gasteiger charge is -2.34. The highest BCUT2D eigenvalue weighted by molar-refractivity contribution is 7.92. The molecule has 1 aromatic carbocycles. The molecule has 10 heteroatoms. The monoisotopic (exact) mass is 398 g/mol. The molecule has 0 bridgehead atoms. The third kappa shape index (κ3) is 2.67. The van der Waals surface area contributed by atoms with Crippen LogP contribution in [-0.2, 0) is 19.9 Å². The van der Waals surface area contributed by atoms with Gasteiger partial charge >= 0.3 is 0 Å². The van der Waals surface area contributed by atoms with Crippen LogP contribution in [0.3, 0.4) is 0 Å². The maximum Gasteiger partial charge on any atom is 0.261 e. The van der Waals surface area contributed by atoms with Crippen LogP contribution in [-0.4, -0.2) is 69.0 Å². The number of fused-ring (bicyclic) bond motifs is 1. The average molecular weight is 398 g/mol. The maximum absolute atomic E-state index is 13.1. The fraction of sp³-hybridized carbons (Fsp3) is 0.500. The minimum absolute atomic E-state index is 0.0589. The Balaban J connectivity index is 1.73. The molecule has 1 aromatic rings. The molecule has 2 aliphatic heterocycles. The van der Waals surface area contributed by atoms with Crippen LogP contribution in [0.5, 0.6) is 0 Å². The Morgan fingerprint density at radius 3 is 2.38 bits per heavy atom. The predicted molar refractivity (Wildman–Crippen MR) is 91.9 cm³/mol. The molecule has 0 spiro atoms. The summed E-state index contributed by atoms with van der Waals surface area (Å²) in [5, 5.41) is 0. The number of rotatable bonds is 3. The number of nitrogens with zero attached hydrogens (tertiary/aromatic N) is 2. The van der Waals surface area contributed by atoms with Crippen LogP contribution in [0.15, 0.2) is 23.1 Å². The first-order chi connectivity index (χ1) is 12.1. The van der Waals surface area contributed by atoms with Crippen LogP contribution in [0.4, 0.5) is 0 Å². The Hall–Kier alpha value is -1.78. The molecule has 0 aromatic heterocycles. The first kappa shape index (κ1) is 17.6. The number of hydrogen-bond acceptors (Lipinski definition) is 6. The molecule has 1 saturated heterocycles. The molecular formula is C16H18N2O6S2. The van der Waals surface area contributed by atoms with Gasteiger partial charge < -0.3 is 0 Å². The number of hydrogen-bond donors (Lipinski definition) is 0. The average Bonchev–Trinajstić information content (AvgIpc) is 3.40. The molecule has 2 fully saturated rings. The third-order valence-corrected chi connectivity index (χ3v) is 8.83. The lowest BCUT2D eigenvalue weighted by Crippen LogP contribution is -2.52. The largest absolute Gasteiger partial charge is 0.277 e. The van der Waals surface area contributed by atoms with E-state index < -0.39 is 37.7 Å². The van der Waals surface area contributed by atoms with Crippen LogP contribution in [0.2, 0.25) is 0 Å². The van der Waals surface area contributed by atoms with Gasteiger partial charge in [0.25, 0.3) is 11.8 Å². The van der Waals surface area contributed by atoms with E-state index in [1.165, 1.54) is 29.6 Å². The fourth-order valence-corrected chi connectivity index (χ4v) is 7.14. The molecule has 140 valence electrons. The van der Waals surface area contributed by atoms with Crippen molar-refractivity contribution in [3.05, 3.63) is 29.3 Å². The van der Waals surface area contributed by atoms with Gasteiger partial charge in [0.05, 0.1) is 27.5 Å². The Morgan fingerprint density at radius 2 is 1.73 bits per heavy atom. The molecule has 3 aliphatic rings. The summed E-state index contributed by atoms with van der Waals surface area (Å²) in [6.07, 6.45) is 1.63. The van der Waals surface area contributed by atoms with Crippen molar-refractivity contribution in [2.75, 3.05) is 25.1 Å². The molecule has 1 atom stereocenters. The van der Waals surface area contributed by atoms with Gasteiger partial charge in [-0.15, -0.1) is 0 Å². The highest BCUT2D eigenvalue weighted by Gasteiger charge is 2.46. The van der Waals surface area contributed by atoms with Gasteiger partial charge in [-0.05, 0) is 37.0 Å². The van der Waals surface area contributed by atoms with Crippen molar-refractivity contribution in [1.29, 1.82) is 0 Å². The van der Waals surface area contributed by atoms with Crippen LogP contribution < -0.4 is 0 Å². The van der Waals surface area contributed by atoms with Gasteiger partial charge in [0, 0.05) is 19.6 Å². The van der Waals surface area contributed by atoms with Gasteiger partial charge in [-0.3, -0.25) is 14.5 Å². The topological polar surface area (TPSA) is 109 Å². The summed E-state index contributed by atoms with van der Waals surface area (Å²) in [6.45, 7) is -0.0876. The molecule has 1 aliphatic carbocycles. The van der Waals surface area contributed by atoms with Crippen molar-refractivity contribution >= 4 is 31.7 Å². The highest BCUT2D eigenvalue weighted by Crippen LogP contribution is 2.39. The van der Waals surface area contributed by atoms with Gasteiger partial charge in [-0.2, -0.15) is 4.31 Å². The Morgan fingerprint density at radius 1 is 1.08 bits per heavy atom. The molecule has 4 rings (SSSR count). The van der Waals surface area contributed by atoms with Crippen molar-refractivity contribution in [3.8, 4) is 0 Å². The zero-order valence-electron chi connectivity index (χ0n) is 14.1. The maximum atomic E-state index is 13.1. The third-order valence-electron chi connectivity index (χ3n) is 5.25. The Bertz CT molecular complexity index is 1030. The zero-order chi connectivity index (χ0) is 18.9. The first-order valence-electron chi connectivity index (χ1n) is 8.30. The summed E-state index contributed by atoms with van der Waals surface area (Å²) in [6, 6.07) is 3.32. The van der Waals surface area contributed by atoms with Gasteiger partial charge in [0.2, 0.25) is 10.0 Å². The summed E-state index contributed by atoms with van der Waals surface area (Å²) in [5.41, 5.74) is 0.239. The van der Waals surface area contributed by atoms with E-state index in [9.17, 15) is 26.4 Å². The summed E-state index contributed by atoms with van der Waals surface area (Å²) >= 11 is 0. The Kier molecular flexibility index (Phi) is 3.80. The van der Waals surface area contributed by atoms with E-state index in [2.05, 4.69) is 0 Å². The predicted octanol–water partition coefficient (Wildman–Crippen LogP) is 0.110. The van der Waals surface area contributed by atoms with Crippen molar-refractivity contribution in [2.45, 2.75) is 23.8 Å². The molecule has 0 radical (unpaired) electrons. The smallest absolute Gasteiger partial charge is 0.261 e. The lowest BCUT2D eigenvalue weighted by atomic mass is 10.1. The quantitative estimate of drug-likeness (QED) is 0.669. The van der Waals surface area contributed by atoms with Crippen molar-refractivity contribution < 1.29 is 26.4 Å². The minimum Gasteiger partial charge on any atom is -0.277 e. The summed E-state index contributed by atoms with van der Waals surface area (Å²) in [4.78, 5) is 25.0. The minimum atomic E-state index is -3.96. The number of carbonyl (C=O) groups excluding carboxylic acids is 2. The molecule has 1 unspecified atom stereocenters. The molecular weight excluding hydrogens is 380 g/mol. The van der Waals surface area contributed by atoms with E-state index >= 15 is 0 Å². The van der Waals surface area contributed by atoms with Crippen molar-refractivity contribution in [2.24, 2.45) is 5.92 Å². The van der Waals surface area contributed by atoms with E-state index in [1.807, 2.05) is 0 Å². The highest BCUT2D eigenvalue weighted by atomic mass is 32.2. The molecule has 2 heterocycles. The number of sulfone groups is 1. The second kappa shape index (κ2) is 5.61. The lowest BCUT2D eigenvalue weighted by molar-refractivity contribution is 0.0693. The van der Waals surface area contributed by atoms with Gasteiger partial charge in [0.1, 0.15) is 0 Å². The van der Waals surface area contributed by atoms with Crippen molar-refractivity contribution in [3.63, 3.8) is 0 Å². The number of imide groups is 1. The second-order valence-electron chi connectivity index (χ2n) is 7.01. The number of carbonyl (C=O) groups is 2. The van der Waals surface area contributed by atoms with E-state index in [0.29, 0.717) is 0 Å². The SMILES string of the molecule is CN1C(=O)c2ccc(S(=O)(=O)N3CCS(=O)(=O)CC3C3CC3)cc2C1=O. The van der Waals surface area contributed by atoms with Crippen LogP contribution in [0.25, 0.3) is 0 Å². The van der Waals surface area contributed by atoms with Crippen LogP contribution in [0, 0.1) is 5.92 Å². The summed E-state index contributed by atoms with van der Waals surface area (Å²) in [5.74, 6) is -1.32. The van der Waals surface area contributed by atoms with Gasteiger partial charge in [-0.1, -0.05) is 0 Å². The van der Waals surface area contributed by atoms with E-state index in [4.69, 9.17) is 0 Å². The molecule has 1 saturated carbocycles. The van der Waals surface area contributed by atoms with Crippen molar-refractivity contribution in [1.82, 2.24) is 9.21 Å². The summed E-state index contributed by atoms with van der Waals surface area (Å²) < 4.78 is 51.4. The standard InChI is InChI=1S/C16H18N2O6S2/c1-17-15(19)12-5-4-11(8-13(12)16(17)20)26(23,24)18-6-7-25(21,22)9-14(18)10-2-3-10/h4-5,8,10,14H,2-3,6-7,9H2,1H3. The molecule has 8 nitrogen and oxygen atoms in total. The molecule has 0 N–H and O–H groups in total. The number of benzene rings is 1. The first-order valence-corrected chi connectivity index (χ1v) is 11.6. The van der Waals surface area contributed by atoms with Gasteiger partial charge in [-0.25, -0.2) is 16.8 Å².